The Hall–Kier alpha value is -2.41. The molecule has 0 fully saturated rings. The van der Waals surface area contributed by atoms with E-state index in [-0.39, 0.29) is 10.7 Å². The SMILES string of the molecule is C=CCNc1ccc(NS(=O)(=O)c2ccc(CC)cc2)nn1. The molecular formula is C15H18N4O2S. The maximum absolute atomic E-state index is 12.3. The van der Waals surface area contributed by atoms with Crippen LogP contribution in [0.3, 0.4) is 0 Å². The summed E-state index contributed by atoms with van der Waals surface area (Å²) in [5.74, 6) is 0.721. The van der Waals surface area contributed by atoms with Crippen molar-refractivity contribution in [1.29, 1.82) is 0 Å². The average Bonchev–Trinajstić information content (AvgIpc) is 2.54. The first-order chi connectivity index (χ1) is 10.5. The van der Waals surface area contributed by atoms with Gasteiger partial charge in [-0.15, -0.1) is 16.8 Å². The Morgan fingerprint density at radius 2 is 1.73 bits per heavy atom. The molecule has 0 radical (unpaired) electrons. The first kappa shape index (κ1) is 16.0. The summed E-state index contributed by atoms with van der Waals surface area (Å²) in [6.07, 6.45) is 2.55. The van der Waals surface area contributed by atoms with Crippen molar-refractivity contribution in [3.63, 3.8) is 0 Å². The summed E-state index contributed by atoms with van der Waals surface area (Å²) in [6.45, 7) is 6.16. The Morgan fingerprint density at radius 3 is 2.27 bits per heavy atom. The van der Waals surface area contributed by atoms with Crippen LogP contribution in [0.1, 0.15) is 12.5 Å². The van der Waals surface area contributed by atoms with E-state index in [1.54, 1.807) is 42.5 Å². The van der Waals surface area contributed by atoms with Crippen LogP contribution in [0, 0.1) is 0 Å². The number of nitrogens with zero attached hydrogens (tertiary/aromatic N) is 2. The van der Waals surface area contributed by atoms with E-state index in [9.17, 15) is 8.42 Å². The summed E-state index contributed by atoms with van der Waals surface area (Å²) < 4.78 is 26.9. The molecular weight excluding hydrogens is 300 g/mol. The molecule has 0 aliphatic carbocycles. The molecule has 6 nitrogen and oxygen atoms in total. The van der Waals surface area contributed by atoms with E-state index in [0.29, 0.717) is 12.4 Å². The summed E-state index contributed by atoms with van der Waals surface area (Å²) >= 11 is 0. The van der Waals surface area contributed by atoms with Crippen molar-refractivity contribution < 1.29 is 8.42 Å². The highest BCUT2D eigenvalue weighted by Crippen LogP contribution is 2.15. The highest BCUT2D eigenvalue weighted by Gasteiger charge is 2.14. The van der Waals surface area contributed by atoms with Gasteiger partial charge in [0.05, 0.1) is 4.90 Å². The van der Waals surface area contributed by atoms with Crippen LogP contribution < -0.4 is 10.0 Å². The summed E-state index contributed by atoms with van der Waals surface area (Å²) in [5, 5.41) is 10.7. The van der Waals surface area contributed by atoms with E-state index in [1.807, 2.05) is 6.92 Å². The molecule has 2 N–H and O–H groups in total. The van der Waals surface area contributed by atoms with Crippen molar-refractivity contribution in [3.05, 3.63) is 54.6 Å². The quantitative estimate of drug-likeness (QED) is 0.766. The molecule has 0 saturated heterocycles. The number of benzene rings is 1. The number of nitrogens with one attached hydrogen (secondary N) is 2. The van der Waals surface area contributed by atoms with Crippen LogP contribution in [0.2, 0.25) is 0 Å². The molecule has 2 rings (SSSR count). The second-order valence-corrected chi connectivity index (χ2v) is 6.26. The number of rotatable bonds is 7. The molecule has 0 bridgehead atoms. The Morgan fingerprint density at radius 1 is 1.09 bits per heavy atom. The van der Waals surface area contributed by atoms with Gasteiger partial charge in [0.25, 0.3) is 10.0 Å². The summed E-state index contributed by atoms with van der Waals surface area (Å²) in [7, 11) is -3.66. The van der Waals surface area contributed by atoms with Crippen molar-refractivity contribution in [1.82, 2.24) is 10.2 Å². The number of aryl methyl sites for hydroxylation is 1. The Balaban J connectivity index is 2.12. The monoisotopic (exact) mass is 318 g/mol. The van der Waals surface area contributed by atoms with E-state index >= 15 is 0 Å². The molecule has 1 aromatic carbocycles. The van der Waals surface area contributed by atoms with Gasteiger partial charge in [-0.3, -0.25) is 4.72 Å². The first-order valence-electron chi connectivity index (χ1n) is 6.85. The third kappa shape index (κ3) is 4.05. The first-order valence-corrected chi connectivity index (χ1v) is 8.33. The van der Waals surface area contributed by atoms with Gasteiger partial charge in [-0.05, 0) is 36.2 Å². The van der Waals surface area contributed by atoms with Gasteiger partial charge < -0.3 is 5.32 Å². The van der Waals surface area contributed by atoms with Crippen LogP contribution in [0.25, 0.3) is 0 Å². The van der Waals surface area contributed by atoms with E-state index in [4.69, 9.17) is 0 Å². The van der Waals surface area contributed by atoms with Crippen molar-refractivity contribution in [2.24, 2.45) is 0 Å². The van der Waals surface area contributed by atoms with E-state index in [1.165, 1.54) is 0 Å². The minimum Gasteiger partial charge on any atom is -0.365 e. The predicted molar refractivity (Wildman–Crippen MR) is 87.3 cm³/mol. The van der Waals surface area contributed by atoms with Gasteiger partial charge in [0.1, 0.15) is 5.82 Å². The van der Waals surface area contributed by atoms with Gasteiger partial charge >= 0.3 is 0 Å². The fourth-order valence-electron chi connectivity index (χ4n) is 1.76. The number of sulfonamides is 1. The molecule has 0 aliphatic rings. The molecule has 2 aromatic rings. The number of anilines is 2. The smallest absolute Gasteiger partial charge is 0.263 e. The lowest BCUT2D eigenvalue weighted by Gasteiger charge is -2.08. The second-order valence-electron chi connectivity index (χ2n) is 4.58. The standard InChI is InChI=1S/C15H18N4O2S/c1-3-11-16-14-9-10-15(18-17-14)19-22(20,21)13-7-5-12(4-2)6-8-13/h3,5-10H,1,4,11H2,2H3,(H,16,17)(H,18,19). The van der Waals surface area contributed by atoms with Crippen LogP contribution in [0.4, 0.5) is 11.6 Å². The molecule has 0 amide bonds. The summed E-state index contributed by atoms with van der Waals surface area (Å²) in [5.41, 5.74) is 1.08. The van der Waals surface area contributed by atoms with Crippen molar-refractivity contribution in [3.8, 4) is 0 Å². The molecule has 0 aliphatic heterocycles. The van der Waals surface area contributed by atoms with Crippen LogP contribution in [-0.4, -0.2) is 25.2 Å². The molecule has 1 heterocycles. The zero-order chi connectivity index (χ0) is 16.0. The van der Waals surface area contributed by atoms with Gasteiger partial charge in [0.2, 0.25) is 0 Å². The highest BCUT2D eigenvalue weighted by molar-refractivity contribution is 7.92. The fourth-order valence-corrected chi connectivity index (χ4v) is 2.76. The highest BCUT2D eigenvalue weighted by atomic mass is 32.2. The van der Waals surface area contributed by atoms with Crippen LogP contribution >= 0.6 is 0 Å². The average molecular weight is 318 g/mol. The van der Waals surface area contributed by atoms with Crippen LogP contribution in [-0.2, 0) is 16.4 Å². The zero-order valence-electron chi connectivity index (χ0n) is 12.3. The van der Waals surface area contributed by atoms with E-state index in [0.717, 1.165) is 12.0 Å². The van der Waals surface area contributed by atoms with Crippen molar-refractivity contribution >= 4 is 21.7 Å². The maximum Gasteiger partial charge on any atom is 0.263 e. The second kappa shape index (κ2) is 7.04. The van der Waals surface area contributed by atoms with Crippen molar-refractivity contribution in [2.75, 3.05) is 16.6 Å². The van der Waals surface area contributed by atoms with Gasteiger partial charge in [-0.2, -0.15) is 0 Å². The third-order valence-corrected chi connectivity index (χ3v) is 4.34. The molecule has 0 spiro atoms. The predicted octanol–water partition coefficient (Wildman–Crippen LogP) is 2.44. The zero-order valence-corrected chi connectivity index (χ0v) is 13.1. The summed E-state index contributed by atoms with van der Waals surface area (Å²) in [6, 6.07) is 9.94. The van der Waals surface area contributed by atoms with Gasteiger partial charge in [-0.25, -0.2) is 8.42 Å². The minimum atomic E-state index is -3.66. The Bertz CT molecular complexity index is 725. The molecule has 0 atom stereocenters. The fraction of sp³-hybridized carbons (Fsp3) is 0.200. The van der Waals surface area contributed by atoms with E-state index in [2.05, 4.69) is 26.8 Å². The summed E-state index contributed by atoms with van der Waals surface area (Å²) in [4.78, 5) is 0.195. The molecule has 22 heavy (non-hydrogen) atoms. The molecule has 1 aromatic heterocycles. The topological polar surface area (TPSA) is 84.0 Å². The maximum atomic E-state index is 12.3. The third-order valence-electron chi connectivity index (χ3n) is 2.97. The lowest BCUT2D eigenvalue weighted by Crippen LogP contribution is -2.14. The normalized spacial score (nSPS) is 11.0. The van der Waals surface area contributed by atoms with Crippen LogP contribution in [0.15, 0.2) is 53.9 Å². The lowest BCUT2D eigenvalue weighted by molar-refractivity contribution is 0.601. The number of hydrogen-bond donors (Lipinski definition) is 2. The largest absolute Gasteiger partial charge is 0.365 e. The molecule has 116 valence electrons. The molecule has 0 saturated carbocycles. The molecule has 7 heteroatoms. The van der Waals surface area contributed by atoms with Gasteiger partial charge in [0.15, 0.2) is 5.82 Å². The van der Waals surface area contributed by atoms with E-state index < -0.39 is 10.0 Å². The van der Waals surface area contributed by atoms with Gasteiger partial charge in [-0.1, -0.05) is 25.1 Å². The van der Waals surface area contributed by atoms with Crippen molar-refractivity contribution in [2.45, 2.75) is 18.2 Å². The Labute approximate surface area is 130 Å². The number of hydrogen-bond acceptors (Lipinski definition) is 5. The Kier molecular flexibility index (Phi) is 5.11. The van der Waals surface area contributed by atoms with Crippen LogP contribution in [0.5, 0.6) is 0 Å². The number of aromatic nitrogens is 2. The van der Waals surface area contributed by atoms with Gasteiger partial charge in [0, 0.05) is 6.54 Å². The minimum absolute atomic E-state index is 0.170. The molecule has 0 unspecified atom stereocenters. The lowest BCUT2D eigenvalue weighted by atomic mass is 10.2.